The van der Waals surface area contributed by atoms with E-state index >= 15 is 0 Å². The molecule has 2 rings (SSSR count). The van der Waals surface area contributed by atoms with Gasteiger partial charge in [-0.1, -0.05) is 0 Å². The average Bonchev–Trinajstić information content (AvgIpc) is 2.33. The Hall–Kier alpha value is -1.62. The summed E-state index contributed by atoms with van der Waals surface area (Å²) >= 11 is 3.06. The SMILES string of the molecule is Nc1cc(Br)c(F)cc1OCc1ccncc1. The first-order valence-electron chi connectivity index (χ1n) is 4.93. The van der Waals surface area contributed by atoms with E-state index in [2.05, 4.69) is 20.9 Å². The van der Waals surface area contributed by atoms with Gasteiger partial charge >= 0.3 is 0 Å². The molecule has 0 saturated carbocycles. The number of rotatable bonds is 3. The van der Waals surface area contributed by atoms with E-state index in [0.29, 0.717) is 22.5 Å². The van der Waals surface area contributed by atoms with E-state index < -0.39 is 5.82 Å². The van der Waals surface area contributed by atoms with Crippen LogP contribution in [0.4, 0.5) is 10.1 Å². The van der Waals surface area contributed by atoms with Crippen molar-refractivity contribution in [1.29, 1.82) is 0 Å². The molecule has 1 aromatic heterocycles. The summed E-state index contributed by atoms with van der Waals surface area (Å²) in [6.45, 7) is 0.327. The van der Waals surface area contributed by atoms with Gasteiger partial charge in [0.1, 0.15) is 18.2 Å². The summed E-state index contributed by atoms with van der Waals surface area (Å²) in [7, 11) is 0. The Morgan fingerprint density at radius 1 is 1.29 bits per heavy atom. The summed E-state index contributed by atoms with van der Waals surface area (Å²) in [6.07, 6.45) is 3.34. The molecule has 88 valence electrons. The number of hydrogen-bond acceptors (Lipinski definition) is 3. The minimum atomic E-state index is -0.399. The highest BCUT2D eigenvalue weighted by atomic mass is 79.9. The second-order valence-electron chi connectivity index (χ2n) is 3.45. The van der Waals surface area contributed by atoms with Crippen molar-refractivity contribution in [3.8, 4) is 5.75 Å². The van der Waals surface area contributed by atoms with E-state index in [1.165, 1.54) is 12.1 Å². The number of nitrogens with zero attached hydrogens (tertiary/aromatic N) is 1. The van der Waals surface area contributed by atoms with Crippen molar-refractivity contribution in [2.75, 3.05) is 5.73 Å². The zero-order valence-electron chi connectivity index (χ0n) is 8.86. The van der Waals surface area contributed by atoms with Crippen LogP contribution in [0.5, 0.6) is 5.75 Å². The molecule has 2 aromatic rings. The Balaban J connectivity index is 2.12. The number of halogens is 2. The smallest absolute Gasteiger partial charge is 0.145 e. The topological polar surface area (TPSA) is 48.1 Å². The number of aromatic nitrogens is 1. The molecule has 0 saturated heterocycles. The Bertz CT molecular complexity index is 519. The fourth-order valence-corrected chi connectivity index (χ4v) is 1.67. The minimum Gasteiger partial charge on any atom is -0.487 e. The summed E-state index contributed by atoms with van der Waals surface area (Å²) in [4.78, 5) is 3.90. The van der Waals surface area contributed by atoms with Gasteiger partial charge < -0.3 is 10.5 Å². The molecule has 0 radical (unpaired) electrons. The molecule has 1 aromatic carbocycles. The number of benzene rings is 1. The third-order valence-corrected chi connectivity index (χ3v) is 2.80. The molecular formula is C12H10BrFN2O. The quantitative estimate of drug-likeness (QED) is 0.885. The molecule has 1 heterocycles. The molecule has 0 atom stereocenters. The van der Waals surface area contributed by atoms with E-state index in [0.717, 1.165) is 5.56 Å². The monoisotopic (exact) mass is 296 g/mol. The molecule has 0 unspecified atom stereocenters. The fourth-order valence-electron chi connectivity index (χ4n) is 1.31. The third kappa shape index (κ3) is 2.94. The highest BCUT2D eigenvalue weighted by Gasteiger charge is 2.07. The van der Waals surface area contributed by atoms with E-state index in [9.17, 15) is 4.39 Å². The van der Waals surface area contributed by atoms with Gasteiger partial charge in [-0.15, -0.1) is 0 Å². The first-order chi connectivity index (χ1) is 8.16. The summed E-state index contributed by atoms with van der Waals surface area (Å²) in [5, 5.41) is 0. The van der Waals surface area contributed by atoms with Crippen molar-refractivity contribution < 1.29 is 9.13 Å². The van der Waals surface area contributed by atoms with Crippen LogP contribution in [0, 0.1) is 5.82 Å². The zero-order chi connectivity index (χ0) is 12.3. The molecule has 0 bridgehead atoms. The van der Waals surface area contributed by atoms with Gasteiger partial charge in [-0.05, 0) is 39.7 Å². The maximum atomic E-state index is 13.3. The van der Waals surface area contributed by atoms with E-state index in [-0.39, 0.29) is 0 Å². The maximum absolute atomic E-state index is 13.3. The second-order valence-corrected chi connectivity index (χ2v) is 4.30. The van der Waals surface area contributed by atoms with Crippen LogP contribution in [0.1, 0.15) is 5.56 Å². The summed E-state index contributed by atoms with van der Waals surface area (Å²) in [5.74, 6) is -0.0635. The highest BCUT2D eigenvalue weighted by molar-refractivity contribution is 9.10. The van der Waals surface area contributed by atoms with Crippen LogP contribution in [0.25, 0.3) is 0 Å². The normalized spacial score (nSPS) is 10.2. The number of nitrogens with two attached hydrogens (primary N) is 1. The van der Waals surface area contributed by atoms with E-state index in [1.807, 2.05) is 12.1 Å². The van der Waals surface area contributed by atoms with Crippen LogP contribution >= 0.6 is 15.9 Å². The van der Waals surface area contributed by atoms with Crippen LogP contribution in [-0.2, 0) is 6.61 Å². The van der Waals surface area contributed by atoms with Gasteiger partial charge in [0.25, 0.3) is 0 Å². The van der Waals surface area contributed by atoms with E-state index in [1.54, 1.807) is 12.4 Å². The molecule has 5 heteroatoms. The number of ether oxygens (including phenoxy) is 1. The van der Waals surface area contributed by atoms with Crippen LogP contribution in [-0.4, -0.2) is 4.98 Å². The van der Waals surface area contributed by atoms with Crippen molar-refractivity contribution >= 4 is 21.6 Å². The lowest BCUT2D eigenvalue weighted by atomic mass is 10.2. The predicted octanol–water partition coefficient (Wildman–Crippen LogP) is 3.14. The van der Waals surface area contributed by atoms with Crippen LogP contribution in [0.2, 0.25) is 0 Å². The molecule has 0 amide bonds. The Morgan fingerprint density at radius 3 is 2.71 bits per heavy atom. The van der Waals surface area contributed by atoms with Gasteiger partial charge in [-0.2, -0.15) is 0 Å². The number of pyridine rings is 1. The van der Waals surface area contributed by atoms with Gasteiger partial charge in [0.2, 0.25) is 0 Å². The van der Waals surface area contributed by atoms with E-state index in [4.69, 9.17) is 10.5 Å². The molecule has 0 aliphatic rings. The molecule has 0 aliphatic heterocycles. The molecular weight excluding hydrogens is 287 g/mol. The largest absolute Gasteiger partial charge is 0.487 e. The van der Waals surface area contributed by atoms with Crippen molar-refractivity contribution in [2.24, 2.45) is 0 Å². The minimum absolute atomic E-state index is 0.325. The third-order valence-electron chi connectivity index (χ3n) is 2.20. The van der Waals surface area contributed by atoms with Crippen LogP contribution in [0.3, 0.4) is 0 Å². The molecule has 2 N–H and O–H groups in total. The second kappa shape index (κ2) is 5.14. The molecule has 0 spiro atoms. The van der Waals surface area contributed by atoms with Crippen molar-refractivity contribution in [1.82, 2.24) is 4.98 Å². The highest BCUT2D eigenvalue weighted by Crippen LogP contribution is 2.28. The lowest BCUT2D eigenvalue weighted by molar-refractivity contribution is 0.306. The van der Waals surface area contributed by atoms with Gasteiger partial charge in [0.05, 0.1) is 10.2 Å². The number of anilines is 1. The molecule has 3 nitrogen and oxygen atoms in total. The average molecular weight is 297 g/mol. The van der Waals surface area contributed by atoms with Crippen molar-refractivity contribution in [2.45, 2.75) is 6.61 Å². The number of nitrogen functional groups attached to an aromatic ring is 1. The standard InChI is InChI=1S/C12H10BrFN2O/c13-9-5-11(15)12(6-10(9)14)17-7-8-1-3-16-4-2-8/h1-6H,7,15H2. The molecule has 17 heavy (non-hydrogen) atoms. The molecule has 0 aliphatic carbocycles. The zero-order valence-corrected chi connectivity index (χ0v) is 10.4. The number of hydrogen-bond donors (Lipinski definition) is 1. The van der Waals surface area contributed by atoms with Crippen LogP contribution < -0.4 is 10.5 Å². The summed E-state index contributed by atoms with van der Waals surface area (Å²) in [6, 6.07) is 6.40. The van der Waals surface area contributed by atoms with Gasteiger partial charge in [-0.3, -0.25) is 4.98 Å². The van der Waals surface area contributed by atoms with Gasteiger partial charge in [0.15, 0.2) is 0 Å². The van der Waals surface area contributed by atoms with Gasteiger partial charge in [0, 0.05) is 18.5 Å². The van der Waals surface area contributed by atoms with Crippen LogP contribution in [0.15, 0.2) is 41.1 Å². The maximum Gasteiger partial charge on any atom is 0.145 e. The Morgan fingerprint density at radius 2 is 2.00 bits per heavy atom. The van der Waals surface area contributed by atoms with Crippen molar-refractivity contribution in [3.05, 3.63) is 52.5 Å². The Labute approximate surface area is 107 Å². The van der Waals surface area contributed by atoms with Crippen molar-refractivity contribution in [3.63, 3.8) is 0 Å². The lowest BCUT2D eigenvalue weighted by Crippen LogP contribution is -1.99. The summed E-state index contributed by atoms with van der Waals surface area (Å²) in [5.41, 5.74) is 7.06. The first kappa shape index (κ1) is 11.9. The Kier molecular flexibility index (Phi) is 3.58. The van der Waals surface area contributed by atoms with Gasteiger partial charge in [-0.25, -0.2) is 4.39 Å². The fraction of sp³-hybridized carbons (Fsp3) is 0.0833. The lowest BCUT2D eigenvalue weighted by Gasteiger charge is -2.09. The molecule has 0 fully saturated rings. The predicted molar refractivity (Wildman–Crippen MR) is 67.1 cm³/mol. The summed E-state index contributed by atoms with van der Waals surface area (Å²) < 4.78 is 19.1. The first-order valence-corrected chi connectivity index (χ1v) is 5.72.